The third-order valence-corrected chi connectivity index (χ3v) is 4.79. The predicted octanol–water partition coefficient (Wildman–Crippen LogP) is 3.14. The number of hydrogen-bond acceptors (Lipinski definition) is 5. The van der Waals surface area contributed by atoms with Crippen LogP contribution in [0.5, 0.6) is 11.6 Å². The van der Waals surface area contributed by atoms with Crippen LogP contribution in [-0.4, -0.2) is 38.8 Å². The number of para-hydroxylation sites is 1. The number of rotatable bonds is 7. The molecule has 0 aliphatic heterocycles. The summed E-state index contributed by atoms with van der Waals surface area (Å²) in [7, 11) is 0. The average molecular weight is 402 g/mol. The molecule has 4 aromatic rings. The van der Waals surface area contributed by atoms with Gasteiger partial charge in [-0.1, -0.05) is 48.5 Å². The molecule has 0 fully saturated rings. The van der Waals surface area contributed by atoms with Crippen molar-refractivity contribution in [3.63, 3.8) is 0 Å². The van der Waals surface area contributed by atoms with E-state index in [1.807, 2.05) is 67.6 Å². The molecule has 0 aliphatic carbocycles. The van der Waals surface area contributed by atoms with Gasteiger partial charge in [0, 0.05) is 17.7 Å². The standard InChI is InChI=1S/C23H22N4O3/c1-16-19(14-17-8-4-2-5-9-17)23(29)27-21(26-16)20(15-25-27)22(28)24-12-13-30-18-10-6-3-7-11-18/h2-11,15,29H,12-14H2,1H3,(H,24,28). The topological polar surface area (TPSA) is 88.8 Å². The Labute approximate surface area is 174 Å². The number of aryl methyl sites for hydroxylation is 1. The molecule has 0 radical (unpaired) electrons. The number of aromatic hydroxyl groups is 1. The highest BCUT2D eigenvalue weighted by molar-refractivity contribution is 5.99. The number of benzene rings is 2. The summed E-state index contributed by atoms with van der Waals surface area (Å²) in [4.78, 5) is 17.1. The van der Waals surface area contributed by atoms with Gasteiger partial charge >= 0.3 is 0 Å². The first-order chi connectivity index (χ1) is 14.6. The molecule has 0 aliphatic rings. The van der Waals surface area contributed by atoms with Crippen molar-refractivity contribution in [2.24, 2.45) is 0 Å². The first-order valence-electron chi connectivity index (χ1n) is 9.69. The van der Waals surface area contributed by atoms with Crippen LogP contribution in [0.1, 0.15) is 27.2 Å². The Kier molecular flexibility index (Phi) is 5.61. The minimum Gasteiger partial charge on any atom is -0.493 e. The second-order valence-electron chi connectivity index (χ2n) is 6.87. The Morgan fingerprint density at radius 2 is 1.80 bits per heavy atom. The zero-order chi connectivity index (χ0) is 20.9. The van der Waals surface area contributed by atoms with Crippen LogP contribution >= 0.6 is 0 Å². The molecule has 4 rings (SSSR count). The van der Waals surface area contributed by atoms with Crippen molar-refractivity contribution in [1.29, 1.82) is 0 Å². The molecule has 7 nitrogen and oxygen atoms in total. The Hall–Kier alpha value is -3.87. The summed E-state index contributed by atoms with van der Waals surface area (Å²) in [5, 5.41) is 17.7. The van der Waals surface area contributed by atoms with Crippen molar-refractivity contribution in [2.75, 3.05) is 13.2 Å². The number of aromatic nitrogens is 3. The third-order valence-electron chi connectivity index (χ3n) is 4.79. The van der Waals surface area contributed by atoms with E-state index in [9.17, 15) is 9.90 Å². The van der Waals surface area contributed by atoms with Gasteiger partial charge < -0.3 is 15.2 Å². The zero-order valence-corrected chi connectivity index (χ0v) is 16.6. The van der Waals surface area contributed by atoms with Crippen LogP contribution in [0.3, 0.4) is 0 Å². The lowest BCUT2D eigenvalue weighted by Gasteiger charge is -2.10. The highest BCUT2D eigenvalue weighted by Gasteiger charge is 2.19. The summed E-state index contributed by atoms with van der Waals surface area (Å²) >= 11 is 0. The predicted molar refractivity (Wildman–Crippen MR) is 113 cm³/mol. The summed E-state index contributed by atoms with van der Waals surface area (Å²) < 4.78 is 6.89. The Bertz CT molecular complexity index is 1160. The number of nitrogens with zero attached hydrogens (tertiary/aromatic N) is 3. The SMILES string of the molecule is Cc1nc2c(C(=O)NCCOc3ccccc3)cnn2c(O)c1Cc1ccccc1. The summed E-state index contributed by atoms with van der Waals surface area (Å²) in [5.74, 6) is 0.424. The molecule has 152 valence electrons. The molecule has 0 saturated heterocycles. The Morgan fingerprint density at radius 3 is 2.53 bits per heavy atom. The van der Waals surface area contributed by atoms with Gasteiger partial charge in [-0.25, -0.2) is 4.98 Å². The quantitative estimate of drug-likeness (QED) is 0.464. The van der Waals surface area contributed by atoms with Crippen molar-refractivity contribution in [2.45, 2.75) is 13.3 Å². The molecular weight excluding hydrogens is 380 g/mol. The lowest BCUT2D eigenvalue weighted by molar-refractivity contribution is 0.0948. The van der Waals surface area contributed by atoms with Crippen molar-refractivity contribution in [3.05, 3.63) is 89.2 Å². The monoisotopic (exact) mass is 402 g/mol. The lowest BCUT2D eigenvalue weighted by atomic mass is 10.0. The number of carbonyl (C=O) groups is 1. The van der Waals surface area contributed by atoms with E-state index in [1.54, 1.807) is 0 Å². The summed E-state index contributed by atoms with van der Waals surface area (Å²) in [5.41, 5.74) is 3.02. The van der Waals surface area contributed by atoms with Crippen molar-refractivity contribution in [1.82, 2.24) is 19.9 Å². The molecule has 0 unspecified atom stereocenters. The number of amides is 1. The molecule has 2 aromatic carbocycles. The minimum atomic E-state index is -0.316. The van der Waals surface area contributed by atoms with Gasteiger partial charge in [-0.2, -0.15) is 9.61 Å². The van der Waals surface area contributed by atoms with Crippen LogP contribution in [0, 0.1) is 6.92 Å². The van der Waals surface area contributed by atoms with E-state index in [0.29, 0.717) is 42.0 Å². The molecule has 7 heteroatoms. The van der Waals surface area contributed by atoms with Gasteiger partial charge in [-0.3, -0.25) is 4.79 Å². The van der Waals surface area contributed by atoms with Gasteiger partial charge in [0.1, 0.15) is 17.9 Å². The molecule has 0 bridgehead atoms. The van der Waals surface area contributed by atoms with E-state index in [1.165, 1.54) is 10.7 Å². The molecule has 2 N–H and O–H groups in total. The van der Waals surface area contributed by atoms with Crippen molar-refractivity contribution in [3.8, 4) is 11.6 Å². The summed E-state index contributed by atoms with van der Waals surface area (Å²) in [6, 6.07) is 19.2. The maximum atomic E-state index is 12.6. The normalized spacial score (nSPS) is 10.8. The van der Waals surface area contributed by atoms with Crippen LogP contribution in [0.4, 0.5) is 0 Å². The number of nitrogens with one attached hydrogen (secondary N) is 1. The third kappa shape index (κ3) is 4.10. The van der Waals surface area contributed by atoms with Gasteiger partial charge in [0.2, 0.25) is 5.88 Å². The first-order valence-corrected chi connectivity index (χ1v) is 9.69. The lowest BCUT2D eigenvalue weighted by Crippen LogP contribution is -2.28. The van der Waals surface area contributed by atoms with Crippen LogP contribution in [-0.2, 0) is 6.42 Å². The Morgan fingerprint density at radius 1 is 1.10 bits per heavy atom. The second kappa shape index (κ2) is 8.65. The van der Waals surface area contributed by atoms with E-state index >= 15 is 0 Å². The van der Waals surface area contributed by atoms with Gasteiger partial charge in [-0.05, 0) is 24.6 Å². The van der Waals surface area contributed by atoms with Crippen molar-refractivity contribution >= 4 is 11.6 Å². The molecule has 2 heterocycles. The molecule has 0 atom stereocenters. The number of hydrogen-bond donors (Lipinski definition) is 2. The van der Waals surface area contributed by atoms with Crippen LogP contribution in [0.15, 0.2) is 66.9 Å². The van der Waals surface area contributed by atoms with E-state index in [2.05, 4.69) is 15.4 Å². The van der Waals surface area contributed by atoms with E-state index in [0.717, 1.165) is 11.3 Å². The molecule has 0 saturated carbocycles. The van der Waals surface area contributed by atoms with Gasteiger partial charge in [0.05, 0.1) is 12.7 Å². The fourth-order valence-electron chi connectivity index (χ4n) is 3.23. The molecule has 2 aromatic heterocycles. The largest absolute Gasteiger partial charge is 0.493 e. The summed E-state index contributed by atoms with van der Waals surface area (Å²) in [6.07, 6.45) is 1.95. The molecule has 1 amide bonds. The van der Waals surface area contributed by atoms with Gasteiger partial charge in [-0.15, -0.1) is 0 Å². The van der Waals surface area contributed by atoms with Crippen LogP contribution < -0.4 is 10.1 Å². The fourth-order valence-corrected chi connectivity index (χ4v) is 3.23. The highest BCUT2D eigenvalue weighted by atomic mass is 16.5. The summed E-state index contributed by atoms with van der Waals surface area (Å²) in [6.45, 7) is 2.50. The minimum absolute atomic E-state index is 0.00665. The van der Waals surface area contributed by atoms with Gasteiger partial charge in [0.15, 0.2) is 5.65 Å². The molecule has 0 spiro atoms. The number of ether oxygens (including phenoxy) is 1. The molecule has 30 heavy (non-hydrogen) atoms. The second-order valence-corrected chi connectivity index (χ2v) is 6.87. The maximum Gasteiger partial charge on any atom is 0.256 e. The van der Waals surface area contributed by atoms with E-state index in [-0.39, 0.29) is 11.8 Å². The first kappa shape index (κ1) is 19.4. The highest BCUT2D eigenvalue weighted by Crippen LogP contribution is 2.25. The number of fused-ring (bicyclic) bond motifs is 1. The zero-order valence-electron chi connectivity index (χ0n) is 16.6. The van der Waals surface area contributed by atoms with Crippen LogP contribution in [0.25, 0.3) is 5.65 Å². The van der Waals surface area contributed by atoms with Gasteiger partial charge in [0.25, 0.3) is 5.91 Å². The Balaban J connectivity index is 1.47. The number of carbonyl (C=O) groups excluding carboxylic acids is 1. The smallest absolute Gasteiger partial charge is 0.256 e. The van der Waals surface area contributed by atoms with Crippen LogP contribution in [0.2, 0.25) is 0 Å². The average Bonchev–Trinajstić information content (AvgIpc) is 3.19. The fraction of sp³-hybridized carbons (Fsp3) is 0.174. The van der Waals surface area contributed by atoms with E-state index in [4.69, 9.17) is 4.74 Å². The maximum absolute atomic E-state index is 12.6. The van der Waals surface area contributed by atoms with Crippen molar-refractivity contribution < 1.29 is 14.6 Å². The van der Waals surface area contributed by atoms with E-state index < -0.39 is 0 Å². The molecular formula is C23H22N4O3.